The molecule has 0 spiro atoms. The molecule has 0 atom stereocenters. The summed E-state index contributed by atoms with van der Waals surface area (Å²) in [5.41, 5.74) is 2.03. The number of rotatable bonds is 7. The average Bonchev–Trinajstić information content (AvgIpc) is 2.33. The Morgan fingerprint density at radius 2 is 1.95 bits per heavy atom. The van der Waals surface area contributed by atoms with Crippen LogP contribution in [0.1, 0.15) is 12.0 Å². The van der Waals surface area contributed by atoms with E-state index < -0.39 is 0 Å². The number of methoxy groups -OCH3 is 1. The molecule has 2 N–H and O–H groups in total. The van der Waals surface area contributed by atoms with Crippen LogP contribution in [0, 0.1) is 6.92 Å². The summed E-state index contributed by atoms with van der Waals surface area (Å²) in [6.07, 6.45) is 0.820. The molecule has 0 saturated heterocycles. The smallest absolute Gasteiger partial charge is 0.239 e. The van der Waals surface area contributed by atoms with Gasteiger partial charge in [-0.05, 0) is 62.9 Å². The minimum Gasteiger partial charge on any atom is -0.385 e. The fourth-order valence-electron chi connectivity index (χ4n) is 1.54. The third-order valence-corrected chi connectivity index (χ3v) is 3.71. The van der Waals surface area contributed by atoms with E-state index in [9.17, 15) is 4.79 Å². The third-order valence-electron chi connectivity index (χ3n) is 2.46. The van der Waals surface area contributed by atoms with E-state index in [0.29, 0.717) is 13.2 Å². The van der Waals surface area contributed by atoms with Crippen LogP contribution in [0.3, 0.4) is 0 Å². The Balaban J connectivity index is 2.42. The summed E-state index contributed by atoms with van der Waals surface area (Å²) in [6, 6.07) is 4.01. The third kappa shape index (κ3) is 5.93. The number of amides is 1. The molecule has 0 unspecified atom stereocenters. The lowest BCUT2D eigenvalue weighted by molar-refractivity contribution is -0.119. The van der Waals surface area contributed by atoms with Gasteiger partial charge in [-0.2, -0.15) is 0 Å². The van der Waals surface area contributed by atoms with Crippen molar-refractivity contribution in [2.45, 2.75) is 13.3 Å². The van der Waals surface area contributed by atoms with E-state index in [4.69, 9.17) is 4.74 Å². The maximum Gasteiger partial charge on any atom is 0.239 e. The first-order valence-corrected chi connectivity index (χ1v) is 7.58. The molecular formula is C13H18Br2N2O2. The predicted molar refractivity (Wildman–Crippen MR) is 84.6 cm³/mol. The lowest BCUT2D eigenvalue weighted by Crippen LogP contribution is -2.31. The highest BCUT2D eigenvalue weighted by Crippen LogP contribution is 2.31. The first-order chi connectivity index (χ1) is 9.04. The van der Waals surface area contributed by atoms with Crippen LogP contribution < -0.4 is 10.6 Å². The Kier molecular flexibility index (Phi) is 7.41. The summed E-state index contributed by atoms with van der Waals surface area (Å²) in [5, 5.41) is 5.94. The maximum atomic E-state index is 11.6. The van der Waals surface area contributed by atoms with E-state index in [-0.39, 0.29) is 12.5 Å². The SMILES string of the molecule is COCCCNC(=O)CNc1c(Br)cc(C)cc1Br. The lowest BCUT2D eigenvalue weighted by atomic mass is 10.2. The maximum absolute atomic E-state index is 11.6. The van der Waals surface area contributed by atoms with Crippen LogP contribution in [0.5, 0.6) is 0 Å². The van der Waals surface area contributed by atoms with Gasteiger partial charge in [0.2, 0.25) is 5.91 Å². The molecule has 0 heterocycles. The van der Waals surface area contributed by atoms with Crippen molar-refractivity contribution in [1.82, 2.24) is 5.32 Å². The van der Waals surface area contributed by atoms with Crippen molar-refractivity contribution in [1.29, 1.82) is 0 Å². The quantitative estimate of drug-likeness (QED) is 0.700. The molecule has 0 radical (unpaired) electrons. The lowest BCUT2D eigenvalue weighted by Gasteiger charge is -2.12. The molecular weight excluding hydrogens is 376 g/mol. The molecule has 0 bridgehead atoms. The molecule has 0 fully saturated rings. The number of ether oxygens (including phenoxy) is 1. The fraction of sp³-hybridized carbons (Fsp3) is 0.462. The minimum atomic E-state index is -0.0320. The van der Waals surface area contributed by atoms with E-state index in [1.54, 1.807) is 7.11 Å². The summed E-state index contributed by atoms with van der Waals surface area (Å²) in [7, 11) is 1.65. The highest BCUT2D eigenvalue weighted by atomic mass is 79.9. The molecule has 106 valence electrons. The van der Waals surface area contributed by atoms with Gasteiger partial charge in [0.05, 0.1) is 12.2 Å². The van der Waals surface area contributed by atoms with Crippen LogP contribution in [0.25, 0.3) is 0 Å². The monoisotopic (exact) mass is 392 g/mol. The van der Waals surface area contributed by atoms with E-state index in [2.05, 4.69) is 42.5 Å². The van der Waals surface area contributed by atoms with Gasteiger partial charge in [-0.3, -0.25) is 4.79 Å². The van der Waals surface area contributed by atoms with Crippen molar-refractivity contribution in [3.63, 3.8) is 0 Å². The van der Waals surface area contributed by atoms with Crippen molar-refractivity contribution in [2.24, 2.45) is 0 Å². The first-order valence-electron chi connectivity index (χ1n) is 5.99. The van der Waals surface area contributed by atoms with Gasteiger partial charge < -0.3 is 15.4 Å². The number of carbonyl (C=O) groups excluding carboxylic acids is 1. The minimum absolute atomic E-state index is 0.0320. The summed E-state index contributed by atoms with van der Waals surface area (Å²) < 4.78 is 6.79. The normalized spacial score (nSPS) is 10.3. The number of halogens is 2. The van der Waals surface area contributed by atoms with Gasteiger partial charge in [0.15, 0.2) is 0 Å². The molecule has 1 aromatic rings. The second-order valence-electron chi connectivity index (χ2n) is 4.15. The number of benzene rings is 1. The fourth-order valence-corrected chi connectivity index (χ4v) is 3.24. The highest BCUT2D eigenvalue weighted by Gasteiger charge is 2.07. The standard InChI is InChI=1S/C13H18Br2N2O2/c1-9-6-10(14)13(11(15)7-9)17-8-12(18)16-4-3-5-19-2/h6-7,17H,3-5,8H2,1-2H3,(H,16,18). The largest absolute Gasteiger partial charge is 0.385 e. The Morgan fingerprint density at radius 1 is 1.32 bits per heavy atom. The van der Waals surface area contributed by atoms with Gasteiger partial charge in [0, 0.05) is 29.2 Å². The second kappa shape index (κ2) is 8.55. The van der Waals surface area contributed by atoms with Crippen molar-refractivity contribution in [2.75, 3.05) is 32.1 Å². The predicted octanol–water partition coefficient (Wildman–Crippen LogP) is 3.08. The van der Waals surface area contributed by atoms with E-state index in [0.717, 1.165) is 26.6 Å². The van der Waals surface area contributed by atoms with Crippen LogP contribution in [0.4, 0.5) is 5.69 Å². The molecule has 0 aliphatic rings. The second-order valence-corrected chi connectivity index (χ2v) is 5.86. The topological polar surface area (TPSA) is 50.4 Å². The Hall–Kier alpha value is -0.590. The van der Waals surface area contributed by atoms with Gasteiger partial charge >= 0.3 is 0 Å². The molecule has 0 aromatic heterocycles. The molecule has 6 heteroatoms. The number of anilines is 1. The summed E-state index contributed by atoms with van der Waals surface area (Å²) in [4.78, 5) is 11.6. The number of carbonyl (C=O) groups is 1. The molecule has 19 heavy (non-hydrogen) atoms. The van der Waals surface area contributed by atoms with Crippen LogP contribution in [0.2, 0.25) is 0 Å². The summed E-state index contributed by atoms with van der Waals surface area (Å²) >= 11 is 6.96. The Bertz CT molecular complexity index is 416. The van der Waals surface area contributed by atoms with Gasteiger partial charge in [-0.15, -0.1) is 0 Å². The zero-order valence-electron chi connectivity index (χ0n) is 11.1. The first kappa shape index (κ1) is 16.5. The van der Waals surface area contributed by atoms with Gasteiger partial charge in [-0.25, -0.2) is 0 Å². The Labute approximate surface area is 130 Å². The summed E-state index contributed by atoms with van der Waals surface area (Å²) in [5.74, 6) is -0.0320. The molecule has 1 rings (SSSR count). The van der Waals surface area contributed by atoms with E-state index in [1.165, 1.54) is 0 Å². The van der Waals surface area contributed by atoms with Crippen LogP contribution in [-0.2, 0) is 9.53 Å². The van der Waals surface area contributed by atoms with E-state index in [1.807, 2.05) is 19.1 Å². The number of hydrogen-bond acceptors (Lipinski definition) is 3. The van der Waals surface area contributed by atoms with Gasteiger partial charge in [-0.1, -0.05) is 0 Å². The molecule has 0 aliphatic heterocycles. The molecule has 1 aromatic carbocycles. The van der Waals surface area contributed by atoms with E-state index >= 15 is 0 Å². The molecule has 1 amide bonds. The molecule has 0 aliphatic carbocycles. The van der Waals surface area contributed by atoms with Crippen LogP contribution in [0.15, 0.2) is 21.1 Å². The zero-order chi connectivity index (χ0) is 14.3. The van der Waals surface area contributed by atoms with Crippen molar-refractivity contribution >= 4 is 43.5 Å². The number of aryl methyl sites for hydroxylation is 1. The van der Waals surface area contributed by atoms with Crippen LogP contribution >= 0.6 is 31.9 Å². The van der Waals surface area contributed by atoms with Crippen molar-refractivity contribution in [3.8, 4) is 0 Å². The van der Waals surface area contributed by atoms with Crippen molar-refractivity contribution < 1.29 is 9.53 Å². The average molecular weight is 394 g/mol. The van der Waals surface area contributed by atoms with Gasteiger partial charge in [0.25, 0.3) is 0 Å². The summed E-state index contributed by atoms with van der Waals surface area (Å²) in [6.45, 7) is 3.54. The number of hydrogen-bond donors (Lipinski definition) is 2. The van der Waals surface area contributed by atoms with Crippen molar-refractivity contribution in [3.05, 3.63) is 26.6 Å². The van der Waals surface area contributed by atoms with Crippen LogP contribution in [-0.4, -0.2) is 32.7 Å². The number of nitrogens with one attached hydrogen (secondary N) is 2. The Morgan fingerprint density at radius 3 is 2.53 bits per heavy atom. The van der Waals surface area contributed by atoms with Gasteiger partial charge in [0.1, 0.15) is 0 Å². The molecule has 0 saturated carbocycles. The zero-order valence-corrected chi connectivity index (χ0v) is 14.2. The molecule has 4 nitrogen and oxygen atoms in total. The highest BCUT2D eigenvalue weighted by molar-refractivity contribution is 9.11.